The summed E-state index contributed by atoms with van der Waals surface area (Å²) in [7, 11) is 1.68. The van der Waals surface area contributed by atoms with Crippen LogP contribution in [-0.4, -0.2) is 31.1 Å². The van der Waals surface area contributed by atoms with Crippen molar-refractivity contribution in [1.82, 2.24) is 4.90 Å². The Morgan fingerprint density at radius 1 is 1.12 bits per heavy atom. The smallest absolute Gasteiger partial charge is 0.134 e. The number of fused-ring (bicyclic) bond motifs is 1. The van der Waals surface area contributed by atoms with Crippen LogP contribution in [0.15, 0.2) is 59.0 Å². The molecule has 124 valence electrons. The van der Waals surface area contributed by atoms with Crippen molar-refractivity contribution in [1.29, 1.82) is 0 Å². The van der Waals surface area contributed by atoms with E-state index >= 15 is 0 Å². The summed E-state index contributed by atoms with van der Waals surface area (Å²) in [5, 5.41) is 1.08. The van der Waals surface area contributed by atoms with Gasteiger partial charge in [-0.3, -0.25) is 4.90 Å². The second-order valence-electron chi connectivity index (χ2n) is 6.49. The Bertz CT molecular complexity index is 828. The molecule has 3 aromatic rings. The zero-order valence-corrected chi connectivity index (χ0v) is 13.8. The monoisotopic (exact) mass is 322 g/mol. The van der Waals surface area contributed by atoms with Crippen molar-refractivity contribution in [2.24, 2.45) is 5.73 Å². The minimum atomic E-state index is 0.164. The zero-order chi connectivity index (χ0) is 16.5. The lowest BCUT2D eigenvalue weighted by Gasteiger charge is -2.15. The number of methoxy groups -OCH3 is 1. The molecule has 2 atom stereocenters. The molecular weight excluding hydrogens is 300 g/mol. The number of nitrogens with two attached hydrogens (primary N) is 1. The molecule has 4 nitrogen and oxygen atoms in total. The maximum Gasteiger partial charge on any atom is 0.134 e. The predicted molar refractivity (Wildman–Crippen MR) is 95.2 cm³/mol. The molecule has 1 saturated heterocycles. The van der Waals surface area contributed by atoms with E-state index in [1.807, 2.05) is 24.3 Å². The van der Waals surface area contributed by atoms with E-state index in [-0.39, 0.29) is 6.04 Å². The van der Waals surface area contributed by atoms with Gasteiger partial charge in [0.2, 0.25) is 0 Å². The molecule has 1 aromatic heterocycles. The molecule has 2 heterocycles. The van der Waals surface area contributed by atoms with Crippen molar-refractivity contribution < 1.29 is 9.15 Å². The highest BCUT2D eigenvalue weighted by molar-refractivity contribution is 5.79. The number of nitrogens with zero attached hydrogens (tertiary/aromatic N) is 1. The van der Waals surface area contributed by atoms with E-state index in [2.05, 4.69) is 35.2 Å². The van der Waals surface area contributed by atoms with Crippen molar-refractivity contribution in [3.63, 3.8) is 0 Å². The minimum absolute atomic E-state index is 0.164. The minimum Gasteiger partial charge on any atom is -0.497 e. The highest BCUT2D eigenvalue weighted by Gasteiger charge is 2.31. The van der Waals surface area contributed by atoms with Crippen molar-refractivity contribution in [3.8, 4) is 5.75 Å². The lowest BCUT2D eigenvalue weighted by Crippen LogP contribution is -2.28. The molecule has 1 aliphatic heterocycles. The normalized spacial score (nSPS) is 21.4. The number of furan rings is 1. The summed E-state index contributed by atoms with van der Waals surface area (Å²) in [6.07, 6.45) is 0. The largest absolute Gasteiger partial charge is 0.497 e. The zero-order valence-electron chi connectivity index (χ0n) is 13.8. The Labute approximate surface area is 141 Å². The van der Waals surface area contributed by atoms with Gasteiger partial charge in [0.15, 0.2) is 0 Å². The van der Waals surface area contributed by atoms with Gasteiger partial charge in [0.05, 0.1) is 13.7 Å². The molecule has 0 spiro atoms. The third-order valence-electron chi connectivity index (χ3n) is 4.82. The maximum absolute atomic E-state index is 6.38. The standard InChI is InChI=1S/C20H22N2O2/c1-23-16-7-8-20-15(9-16)10-17(24-20)11-22-12-18(19(21)13-22)14-5-3-2-4-6-14/h2-10,18-19H,11-13,21H2,1H3/t18-,19+/m0/s1. The van der Waals surface area contributed by atoms with Gasteiger partial charge in [-0.15, -0.1) is 0 Å². The molecule has 4 heteroatoms. The fraction of sp³-hybridized carbons (Fsp3) is 0.300. The van der Waals surface area contributed by atoms with Crippen LogP contribution < -0.4 is 10.5 Å². The summed E-state index contributed by atoms with van der Waals surface area (Å²) in [5.74, 6) is 2.21. The number of benzene rings is 2. The fourth-order valence-electron chi connectivity index (χ4n) is 3.60. The van der Waals surface area contributed by atoms with Crippen molar-refractivity contribution >= 4 is 11.0 Å². The topological polar surface area (TPSA) is 51.6 Å². The summed E-state index contributed by atoms with van der Waals surface area (Å²) in [5.41, 5.74) is 8.60. The van der Waals surface area contributed by atoms with Crippen LogP contribution in [0.3, 0.4) is 0 Å². The van der Waals surface area contributed by atoms with Crippen LogP contribution in [0.4, 0.5) is 0 Å². The number of hydrogen-bond donors (Lipinski definition) is 1. The average Bonchev–Trinajstić information content (AvgIpc) is 3.17. The Hall–Kier alpha value is -2.30. The molecule has 0 bridgehead atoms. The SMILES string of the molecule is COc1ccc2oc(CN3C[C@@H](N)[C@H](c4ccccc4)C3)cc2c1. The summed E-state index contributed by atoms with van der Waals surface area (Å²) in [6, 6.07) is 18.7. The van der Waals surface area contributed by atoms with E-state index < -0.39 is 0 Å². The highest BCUT2D eigenvalue weighted by Crippen LogP contribution is 2.29. The van der Waals surface area contributed by atoms with Crippen LogP contribution in [-0.2, 0) is 6.54 Å². The summed E-state index contributed by atoms with van der Waals surface area (Å²) < 4.78 is 11.2. The van der Waals surface area contributed by atoms with Gasteiger partial charge < -0.3 is 14.9 Å². The third kappa shape index (κ3) is 2.90. The molecule has 0 amide bonds. The van der Waals surface area contributed by atoms with Crippen LogP contribution >= 0.6 is 0 Å². The first kappa shape index (κ1) is 15.2. The second-order valence-corrected chi connectivity index (χ2v) is 6.49. The molecule has 0 saturated carbocycles. The lowest BCUT2D eigenvalue weighted by atomic mass is 9.95. The molecule has 1 aliphatic rings. The van der Waals surface area contributed by atoms with Crippen LogP contribution in [0.25, 0.3) is 11.0 Å². The van der Waals surface area contributed by atoms with Crippen molar-refractivity contribution in [3.05, 3.63) is 65.9 Å². The predicted octanol–water partition coefficient (Wildman–Crippen LogP) is 3.37. The summed E-state index contributed by atoms with van der Waals surface area (Å²) in [6.45, 7) is 2.64. The first-order valence-corrected chi connectivity index (χ1v) is 8.32. The van der Waals surface area contributed by atoms with Gasteiger partial charge in [-0.25, -0.2) is 0 Å². The van der Waals surface area contributed by atoms with Crippen LogP contribution in [0.1, 0.15) is 17.2 Å². The van der Waals surface area contributed by atoms with Gasteiger partial charge in [0.25, 0.3) is 0 Å². The number of rotatable bonds is 4. The molecule has 2 N–H and O–H groups in total. The average molecular weight is 322 g/mol. The molecule has 0 unspecified atom stereocenters. The van der Waals surface area contributed by atoms with E-state index in [1.165, 1.54) is 5.56 Å². The molecular formula is C20H22N2O2. The van der Waals surface area contributed by atoms with E-state index in [0.717, 1.165) is 42.1 Å². The van der Waals surface area contributed by atoms with E-state index in [0.29, 0.717) is 5.92 Å². The van der Waals surface area contributed by atoms with Crippen LogP contribution in [0.2, 0.25) is 0 Å². The first-order valence-electron chi connectivity index (χ1n) is 8.32. The van der Waals surface area contributed by atoms with Gasteiger partial charge in [0, 0.05) is 30.4 Å². The summed E-state index contributed by atoms with van der Waals surface area (Å²) in [4.78, 5) is 2.37. The second kappa shape index (κ2) is 6.30. The van der Waals surface area contributed by atoms with Gasteiger partial charge in [-0.05, 0) is 29.8 Å². The van der Waals surface area contributed by atoms with Gasteiger partial charge in [-0.2, -0.15) is 0 Å². The third-order valence-corrected chi connectivity index (χ3v) is 4.82. The molecule has 2 aromatic carbocycles. The van der Waals surface area contributed by atoms with E-state index in [1.54, 1.807) is 7.11 Å². The first-order chi connectivity index (χ1) is 11.7. The Morgan fingerprint density at radius 3 is 2.75 bits per heavy atom. The quantitative estimate of drug-likeness (QED) is 0.800. The van der Waals surface area contributed by atoms with Crippen LogP contribution in [0, 0.1) is 0 Å². The molecule has 0 radical (unpaired) electrons. The Balaban J connectivity index is 1.50. The van der Waals surface area contributed by atoms with Gasteiger partial charge >= 0.3 is 0 Å². The van der Waals surface area contributed by atoms with E-state index in [4.69, 9.17) is 14.9 Å². The van der Waals surface area contributed by atoms with Crippen molar-refractivity contribution in [2.45, 2.75) is 18.5 Å². The Morgan fingerprint density at radius 2 is 1.96 bits per heavy atom. The Kier molecular flexibility index (Phi) is 4.00. The van der Waals surface area contributed by atoms with E-state index in [9.17, 15) is 0 Å². The fourth-order valence-corrected chi connectivity index (χ4v) is 3.60. The molecule has 1 fully saturated rings. The molecule has 0 aliphatic carbocycles. The van der Waals surface area contributed by atoms with Crippen LogP contribution in [0.5, 0.6) is 5.75 Å². The molecule has 4 rings (SSSR count). The summed E-state index contributed by atoms with van der Waals surface area (Å²) >= 11 is 0. The van der Waals surface area contributed by atoms with Gasteiger partial charge in [0.1, 0.15) is 17.1 Å². The van der Waals surface area contributed by atoms with Gasteiger partial charge in [-0.1, -0.05) is 30.3 Å². The number of hydrogen-bond acceptors (Lipinski definition) is 4. The highest BCUT2D eigenvalue weighted by atomic mass is 16.5. The maximum atomic E-state index is 6.38. The van der Waals surface area contributed by atoms with Crippen molar-refractivity contribution in [2.75, 3.05) is 20.2 Å². The molecule has 24 heavy (non-hydrogen) atoms. The lowest BCUT2D eigenvalue weighted by molar-refractivity contribution is 0.296. The number of likely N-dealkylation sites (tertiary alicyclic amines) is 1. The number of ether oxygens (including phenoxy) is 1.